The number of likely N-dealkylation sites (N-methyl/N-ethyl adjacent to an activating group) is 1. The summed E-state index contributed by atoms with van der Waals surface area (Å²) in [4.78, 5) is 19.0. The van der Waals surface area contributed by atoms with Crippen LogP contribution in [-0.4, -0.2) is 29.5 Å². The van der Waals surface area contributed by atoms with Gasteiger partial charge in [0.25, 0.3) is 0 Å². The number of benzene rings is 1. The van der Waals surface area contributed by atoms with E-state index in [2.05, 4.69) is 9.97 Å². The first-order chi connectivity index (χ1) is 12.4. The molecule has 0 aliphatic rings. The zero-order chi connectivity index (χ0) is 20.4. The number of nitrogens with zero attached hydrogens (tertiary/aromatic N) is 3. The summed E-state index contributed by atoms with van der Waals surface area (Å²) in [6.07, 6.45) is -10.3. The SMILES string of the molecule is CN(C(=O)CNc1nc(C(F)(F)F)cc(C(F)(F)F)n1)c1ccc(F)cc1. The van der Waals surface area contributed by atoms with Crippen LogP contribution in [0.3, 0.4) is 0 Å². The van der Waals surface area contributed by atoms with Crippen molar-refractivity contribution in [2.24, 2.45) is 0 Å². The molecular formula is C15H11F7N4O. The number of hydrogen-bond donors (Lipinski definition) is 1. The first kappa shape index (κ1) is 20.4. The number of carbonyl (C=O) groups is 1. The third kappa shape index (κ3) is 5.28. The van der Waals surface area contributed by atoms with Crippen molar-refractivity contribution < 1.29 is 35.5 Å². The zero-order valence-electron chi connectivity index (χ0n) is 13.5. The number of anilines is 2. The number of carbonyl (C=O) groups excluding carboxylic acids is 1. The van der Waals surface area contributed by atoms with E-state index in [1.807, 2.05) is 5.32 Å². The predicted molar refractivity (Wildman–Crippen MR) is 80.3 cm³/mol. The maximum Gasteiger partial charge on any atom is 0.433 e. The fourth-order valence-corrected chi connectivity index (χ4v) is 1.90. The monoisotopic (exact) mass is 396 g/mol. The van der Waals surface area contributed by atoms with Gasteiger partial charge in [-0.05, 0) is 30.3 Å². The molecule has 146 valence electrons. The van der Waals surface area contributed by atoms with Crippen LogP contribution in [0.25, 0.3) is 0 Å². The standard InChI is InChI=1S/C15H11F7N4O/c1-26(9-4-2-8(16)3-5-9)12(27)7-23-13-24-10(14(17,18)19)6-11(25-13)15(20,21)22/h2-6H,7H2,1H3,(H,23,24,25). The summed E-state index contributed by atoms with van der Waals surface area (Å²) in [5, 5.41) is 2.04. The fourth-order valence-electron chi connectivity index (χ4n) is 1.90. The van der Waals surface area contributed by atoms with Gasteiger partial charge in [-0.2, -0.15) is 26.3 Å². The normalized spacial score (nSPS) is 12.0. The maximum absolute atomic E-state index is 12.9. The Morgan fingerprint density at radius 1 is 1.00 bits per heavy atom. The van der Waals surface area contributed by atoms with E-state index >= 15 is 0 Å². The number of alkyl halides is 6. The third-order valence-corrected chi connectivity index (χ3v) is 3.29. The van der Waals surface area contributed by atoms with Crippen LogP contribution in [0.5, 0.6) is 0 Å². The molecule has 0 saturated heterocycles. The molecular weight excluding hydrogens is 385 g/mol. The largest absolute Gasteiger partial charge is 0.433 e. The van der Waals surface area contributed by atoms with E-state index in [1.165, 1.54) is 19.2 Å². The minimum Gasteiger partial charge on any atom is -0.345 e. The van der Waals surface area contributed by atoms with Crippen molar-refractivity contribution in [1.82, 2.24) is 9.97 Å². The van der Waals surface area contributed by atoms with Gasteiger partial charge in [0.05, 0.1) is 6.54 Å². The van der Waals surface area contributed by atoms with Gasteiger partial charge in [-0.25, -0.2) is 14.4 Å². The Morgan fingerprint density at radius 2 is 1.48 bits per heavy atom. The molecule has 0 bridgehead atoms. The van der Waals surface area contributed by atoms with Gasteiger partial charge in [-0.15, -0.1) is 0 Å². The molecule has 1 heterocycles. The molecule has 2 aromatic rings. The van der Waals surface area contributed by atoms with E-state index in [1.54, 1.807) is 0 Å². The summed E-state index contributed by atoms with van der Waals surface area (Å²) in [5.41, 5.74) is -3.33. The molecule has 1 N–H and O–H groups in total. The first-order valence-corrected chi connectivity index (χ1v) is 7.17. The van der Waals surface area contributed by atoms with Gasteiger partial charge >= 0.3 is 12.4 Å². The second-order valence-electron chi connectivity index (χ2n) is 5.24. The number of rotatable bonds is 4. The maximum atomic E-state index is 12.9. The molecule has 0 radical (unpaired) electrons. The lowest BCUT2D eigenvalue weighted by Gasteiger charge is -2.18. The van der Waals surface area contributed by atoms with Crippen LogP contribution >= 0.6 is 0 Å². The van der Waals surface area contributed by atoms with Gasteiger partial charge in [-0.1, -0.05) is 0 Å². The summed E-state index contributed by atoms with van der Waals surface area (Å²) in [5.74, 6) is -2.27. The highest BCUT2D eigenvalue weighted by Crippen LogP contribution is 2.34. The highest BCUT2D eigenvalue weighted by molar-refractivity contribution is 5.95. The van der Waals surface area contributed by atoms with E-state index < -0.39 is 48.0 Å². The van der Waals surface area contributed by atoms with E-state index in [0.717, 1.165) is 17.0 Å². The second kappa shape index (κ2) is 7.37. The second-order valence-corrected chi connectivity index (χ2v) is 5.24. The Balaban J connectivity index is 2.18. The summed E-state index contributed by atoms with van der Waals surface area (Å²) < 4.78 is 89.2. The van der Waals surface area contributed by atoms with Crippen LogP contribution in [0.2, 0.25) is 0 Å². The number of hydrogen-bond acceptors (Lipinski definition) is 4. The molecule has 0 unspecified atom stereocenters. The van der Waals surface area contributed by atoms with Gasteiger partial charge in [0.2, 0.25) is 11.9 Å². The quantitative estimate of drug-likeness (QED) is 0.801. The zero-order valence-corrected chi connectivity index (χ0v) is 13.5. The minimum absolute atomic E-state index is 0.225. The summed E-state index contributed by atoms with van der Waals surface area (Å²) in [6.45, 7) is -0.688. The van der Waals surface area contributed by atoms with Crippen LogP contribution < -0.4 is 10.2 Å². The molecule has 0 fully saturated rings. The van der Waals surface area contributed by atoms with Gasteiger partial charge in [0.15, 0.2) is 11.4 Å². The fraction of sp³-hybridized carbons (Fsp3) is 0.267. The Kier molecular flexibility index (Phi) is 5.56. The Bertz CT molecular complexity index is 786. The first-order valence-electron chi connectivity index (χ1n) is 7.17. The highest BCUT2D eigenvalue weighted by atomic mass is 19.4. The summed E-state index contributed by atoms with van der Waals surface area (Å²) in [6, 6.07) is 4.49. The molecule has 1 aromatic carbocycles. The van der Waals surface area contributed by atoms with Crippen molar-refractivity contribution in [1.29, 1.82) is 0 Å². The summed E-state index contributed by atoms with van der Waals surface area (Å²) in [7, 11) is 1.30. The average molecular weight is 396 g/mol. The number of nitrogens with one attached hydrogen (secondary N) is 1. The molecule has 5 nitrogen and oxygen atoms in total. The van der Waals surface area contributed by atoms with Crippen LogP contribution in [0.15, 0.2) is 30.3 Å². The van der Waals surface area contributed by atoms with Crippen molar-refractivity contribution in [2.75, 3.05) is 23.8 Å². The molecule has 0 spiro atoms. The van der Waals surface area contributed by atoms with Crippen LogP contribution in [-0.2, 0) is 17.1 Å². The van der Waals surface area contributed by atoms with Crippen molar-refractivity contribution >= 4 is 17.5 Å². The molecule has 12 heteroatoms. The lowest BCUT2D eigenvalue weighted by molar-refractivity contribution is -0.147. The molecule has 0 aliphatic carbocycles. The minimum atomic E-state index is -5.13. The van der Waals surface area contributed by atoms with E-state index in [-0.39, 0.29) is 11.8 Å². The van der Waals surface area contributed by atoms with Crippen LogP contribution in [0.1, 0.15) is 11.4 Å². The third-order valence-electron chi connectivity index (χ3n) is 3.29. The van der Waals surface area contributed by atoms with Crippen molar-refractivity contribution in [2.45, 2.75) is 12.4 Å². The lowest BCUT2D eigenvalue weighted by Crippen LogP contribution is -2.32. The topological polar surface area (TPSA) is 58.1 Å². The molecule has 0 atom stereocenters. The molecule has 1 amide bonds. The predicted octanol–water partition coefficient (Wildman–Crippen LogP) is 3.73. The van der Waals surface area contributed by atoms with Gasteiger partial charge in [0, 0.05) is 12.7 Å². The smallest absolute Gasteiger partial charge is 0.345 e. The van der Waals surface area contributed by atoms with E-state index in [0.29, 0.717) is 0 Å². The van der Waals surface area contributed by atoms with Crippen molar-refractivity contribution in [3.63, 3.8) is 0 Å². The Hall–Kier alpha value is -2.92. The lowest BCUT2D eigenvalue weighted by atomic mass is 10.3. The molecule has 0 aliphatic heterocycles. The highest BCUT2D eigenvalue weighted by Gasteiger charge is 2.39. The molecule has 2 rings (SSSR count). The van der Waals surface area contributed by atoms with Gasteiger partial charge < -0.3 is 10.2 Å². The summed E-state index contributed by atoms with van der Waals surface area (Å²) >= 11 is 0. The Morgan fingerprint density at radius 3 is 1.93 bits per heavy atom. The number of halogens is 7. The number of aromatic nitrogens is 2. The molecule has 1 aromatic heterocycles. The van der Waals surface area contributed by atoms with Crippen molar-refractivity contribution in [3.8, 4) is 0 Å². The average Bonchev–Trinajstić information content (AvgIpc) is 2.58. The number of amides is 1. The van der Waals surface area contributed by atoms with Gasteiger partial charge in [0.1, 0.15) is 5.82 Å². The van der Waals surface area contributed by atoms with Crippen molar-refractivity contribution in [3.05, 3.63) is 47.5 Å². The van der Waals surface area contributed by atoms with E-state index in [4.69, 9.17) is 0 Å². The van der Waals surface area contributed by atoms with E-state index in [9.17, 15) is 35.5 Å². The van der Waals surface area contributed by atoms with Gasteiger partial charge in [-0.3, -0.25) is 4.79 Å². The van der Waals surface area contributed by atoms with Crippen LogP contribution in [0, 0.1) is 5.82 Å². The van der Waals surface area contributed by atoms with Crippen LogP contribution in [0.4, 0.5) is 42.4 Å². The molecule has 0 saturated carbocycles. The Labute approximate surface area is 147 Å². The molecule has 27 heavy (non-hydrogen) atoms.